The van der Waals surface area contributed by atoms with Gasteiger partial charge in [0.1, 0.15) is 0 Å². The Kier molecular flexibility index (Phi) is 5.73. The summed E-state index contributed by atoms with van der Waals surface area (Å²) in [5.74, 6) is -4.26. The minimum atomic E-state index is -5.33. The van der Waals surface area contributed by atoms with Gasteiger partial charge in [0.25, 0.3) is 11.9 Å². The van der Waals surface area contributed by atoms with Gasteiger partial charge < -0.3 is 10.2 Å². The molecular formula is C16H11Cl2F3N4O3. The summed E-state index contributed by atoms with van der Waals surface area (Å²) in [6.45, 7) is 1.05. The summed E-state index contributed by atoms with van der Waals surface area (Å²) < 4.78 is 38.1. The number of hydrogen-bond donors (Lipinski definition) is 1. The van der Waals surface area contributed by atoms with Gasteiger partial charge in [-0.15, -0.1) is 0 Å². The van der Waals surface area contributed by atoms with E-state index in [2.05, 4.69) is 20.1 Å². The molecule has 0 spiro atoms. The molecule has 12 heteroatoms. The number of fused-ring (bicyclic) bond motifs is 1. The van der Waals surface area contributed by atoms with E-state index in [1.54, 1.807) is 0 Å². The van der Waals surface area contributed by atoms with Gasteiger partial charge in [-0.25, -0.2) is 14.8 Å². The number of benzene rings is 1. The third-order valence-corrected chi connectivity index (χ3v) is 4.11. The van der Waals surface area contributed by atoms with Crippen molar-refractivity contribution in [3.63, 3.8) is 0 Å². The number of anilines is 1. The molecule has 28 heavy (non-hydrogen) atoms. The summed E-state index contributed by atoms with van der Waals surface area (Å²) in [6.07, 6.45) is -3.53. The van der Waals surface area contributed by atoms with Gasteiger partial charge in [-0.1, -0.05) is 28.3 Å². The molecule has 1 aromatic heterocycles. The zero-order valence-corrected chi connectivity index (χ0v) is 15.4. The van der Waals surface area contributed by atoms with Crippen molar-refractivity contribution in [3.8, 4) is 0 Å². The van der Waals surface area contributed by atoms with Gasteiger partial charge >= 0.3 is 12.1 Å². The molecule has 1 amide bonds. The Bertz CT molecular complexity index is 920. The molecular weight excluding hydrogens is 424 g/mol. The van der Waals surface area contributed by atoms with Crippen LogP contribution in [0.2, 0.25) is 10.0 Å². The predicted molar refractivity (Wildman–Crippen MR) is 92.9 cm³/mol. The molecule has 0 aliphatic carbocycles. The van der Waals surface area contributed by atoms with Crippen LogP contribution in [0.4, 0.5) is 19.1 Å². The number of nitrogens with one attached hydrogen (secondary N) is 1. The van der Waals surface area contributed by atoms with Crippen molar-refractivity contribution in [3.05, 3.63) is 51.3 Å². The quantitative estimate of drug-likeness (QED) is 0.731. The van der Waals surface area contributed by atoms with Crippen molar-refractivity contribution >= 4 is 41.0 Å². The zero-order valence-electron chi connectivity index (χ0n) is 13.9. The number of carbonyl (C=O) groups is 2. The summed E-state index contributed by atoms with van der Waals surface area (Å²) >= 11 is 11.7. The van der Waals surface area contributed by atoms with Crippen LogP contribution in [-0.2, 0) is 22.6 Å². The lowest BCUT2D eigenvalue weighted by atomic mass is 10.1. The third-order valence-electron chi connectivity index (χ3n) is 3.68. The standard InChI is InChI=1S/C16H11Cl2F3N4O3/c17-10-3-8(4-11(18)5-10)13(26)25(28-14(27)16(19,20)21)15-23-7-9-6-22-2-1-12(9)24-15/h3-5,7,22H,1-2,6H2. The molecule has 1 N–H and O–H groups in total. The lowest BCUT2D eigenvalue weighted by Crippen LogP contribution is -2.40. The molecule has 1 aliphatic rings. The average molecular weight is 435 g/mol. The minimum absolute atomic E-state index is 0.0652. The normalized spacial score (nSPS) is 13.6. The number of carbonyl (C=O) groups excluding carboxylic acids is 2. The largest absolute Gasteiger partial charge is 0.493 e. The number of halogens is 5. The van der Waals surface area contributed by atoms with Crippen LogP contribution in [0.3, 0.4) is 0 Å². The molecule has 0 saturated heterocycles. The summed E-state index contributed by atoms with van der Waals surface area (Å²) in [4.78, 5) is 36.3. The topological polar surface area (TPSA) is 84.4 Å². The Morgan fingerprint density at radius 3 is 2.50 bits per heavy atom. The zero-order chi connectivity index (χ0) is 20.5. The number of amides is 1. The van der Waals surface area contributed by atoms with Crippen molar-refractivity contribution < 1.29 is 27.6 Å². The molecule has 0 fully saturated rings. The van der Waals surface area contributed by atoms with Crippen molar-refractivity contribution in [1.82, 2.24) is 15.3 Å². The van der Waals surface area contributed by atoms with E-state index in [1.807, 2.05) is 0 Å². The number of alkyl halides is 3. The van der Waals surface area contributed by atoms with E-state index in [0.29, 0.717) is 25.2 Å². The Labute approximate surface area is 166 Å². The Hall–Kier alpha value is -2.43. The molecule has 1 aliphatic heterocycles. The van der Waals surface area contributed by atoms with E-state index in [1.165, 1.54) is 12.3 Å². The molecule has 3 rings (SSSR count). The van der Waals surface area contributed by atoms with Crippen molar-refractivity contribution in [1.29, 1.82) is 0 Å². The molecule has 148 valence electrons. The van der Waals surface area contributed by atoms with Gasteiger partial charge in [0.2, 0.25) is 0 Å². The molecule has 7 nitrogen and oxygen atoms in total. The van der Waals surface area contributed by atoms with Crippen molar-refractivity contribution in [2.45, 2.75) is 19.1 Å². The fourth-order valence-electron chi connectivity index (χ4n) is 2.43. The van der Waals surface area contributed by atoms with Gasteiger partial charge in [-0.05, 0) is 18.2 Å². The minimum Gasteiger partial charge on any atom is -0.321 e. The van der Waals surface area contributed by atoms with Gasteiger partial charge in [0, 0.05) is 46.9 Å². The van der Waals surface area contributed by atoms with Crippen molar-refractivity contribution in [2.24, 2.45) is 0 Å². The maximum absolute atomic E-state index is 12.8. The molecule has 1 aromatic carbocycles. The first-order valence-electron chi connectivity index (χ1n) is 7.80. The van der Waals surface area contributed by atoms with E-state index < -0.39 is 24.0 Å². The third kappa shape index (κ3) is 4.51. The average Bonchev–Trinajstić information content (AvgIpc) is 2.63. The van der Waals surface area contributed by atoms with Crippen LogP contribution in [0.5, 0.6) is 0 Å². The van der Waals surface area contributed by atoms with E-state index in [-0.39, 0.29) is 20.7 Å². The number of nitrogens with zero attached hydrogens (tertiary/aromatic N) is 3. The Balaban J connectivity index is 2.02. The van der Waals surface area contributed by atoms with Crippen LogP contribution in [0.25, 0.3) is 0 Å². The molecule has 2 heterocycles. The fourth-order valence-corrected chi connectivity index (χ4v) is 2.95. The van der Waals surface area contributed by atoms with E-state index in [0.717, 1.165) is 17.7 Å². The smallest absolute Gasteiger partial charge is 0.321 e. The van der Waals surface area contributed by atoms with E-state index in [4.69, 9.17) is 23.2 Å². The highest BCUT2D eigenvalue weighted by Gasteiger charge is 2.44. The van der Waals surface area contributed by atoms with Crippen molar-refractivity contribution in [2.75, 3.05) is 11.6 Å². The van der Waals surface area contributed by atoms with Crippen LogP contribution in [0, 0.1) is 0 Å². The van der Waals surface area contributed by atoms with E-state index >= 15 is 0 Å². The van der Waals surface area contributed by atoms with Gasteiger partial charge in [-0.3, -0.25) is 4.79 Å². The molecule has 0 atom stereocenters. The Morgan fingerprint density at radius 1 is 1.18 bits per heavy atom. The van der Waals surface area contributed by atoms with Crippen LogP contribution < -0.4 is 10.4 Å². The second-order valence-electron chi connectivity index (χ2n) is 5.70. The highest BCUT2D eigenvalue weighted by atomic mass is 35.5. The lowest BCUT2D eigenvalue weighted by molar-refractivity contribution is -0.200. The lowest BCUT2D eigenvalue weighted by Gasteiger charge is -2.22. The van der Waals surface area contributed by atoms with Crippen LogP contribution in [0.15, 0.2) is 24.4 Å². The molecule has 0 unspecified atom stereocenters. The number of rotatable bonds is 2. The first kappa shape index (κ1) is 20.3. The predicted octanol–water partition coefficient (Wildman–Crippen LogP) is 3.10. The van der Waals surface area contributed by atoms with E-state index in [9.17, 15) is 22.8 Å². The monoisotopic (exact) mass is 434 g/mol. The Morgan fingerprint density at radius 2 is 1.86 bits per heavy atom. The maximum Gasteiger partial charge on any atom is 0.493 e. The second-order valence-corrected chi connectivity index (χ2v) is 6.58. The SMILES string of the molecule is O=C(c1cc(Cl)cc(Cl)c1)N(OC(=O)C(F)(F)F)c1ncc2c(n1)CCNC2. The van der Waals surface area contributed by atoms with Gasteiger partial charge in [0.05, 0.1) is 5.69 Å². The first-order valence-corrected chi connectivity index (χ1v) is 8.56. The summed E-state index contributed by atoms with van der Waals surface area (Å²) in [6, 6.07) is 3.65. The number of aromatic nitrogens is 2. The van der Waals surface area contributed by atoms with Gasteiger partial charge in [0.15, 0.2) is 0 Å². The number of hydrogen-bond acceptors (Lipinski definition) is 6. The summed E-state index contributed by atoms with van der Waals surface area (Å²) in [5, 5.41) is 3.29. The van der Waals surface area contributed by atoms with Gasteiger partial charge in [-0.2, -0.15) is 13.2 Å². The highest BCUT2D eigenvalue weighted by molar-refractivity contribution is 6.35. The molecule has 0 bridgehead atoms. The van der Waals surface area contributed by atoms with Crippen LogP contribution in [0.1, 0.15) is 21.6 Å². The number of hydroxylamine groups is 1. The summed E-state index contributed by atoms with van der Waals surface area (Å²) in [7, 11) is 0. The molecule has 0 radical (unpaired) electrons. The fraction of sp³-hybridized carbons (Fsp3) is 0.250. The second kappa shape index (κ2) is 7.90. The van der Waals surface area contributed by atoms with Crippen LogP contribution >= 0.6 is 23.2 Å². The molecule has 2 aromatic rings. The molecule has 0 saturated carbocycles. The van der Waals surface area contributed by atoms with Crippen LogP contribution in [-0.4, -0.2) is 34.6 Å². The first-order chi connectivity index (χ1) is 13.1. The highest BCUT2D eigenvalue weighted by Crippen LogP contribution is 2.25. The summed E-state index contributed by atoms with van der Waals surface area (Å²) in [5.41, 5.74) is 1.03. The maximum atomic E-state index is 12.8.